The Labute approximate surface area is 108 Å². The molecule has 1 aromatic rings. The summed E-state index contributed by atoms with van der Waals surface area (Å²) in [6, 6.07) is 4.02. The molecule has 1 unspecified atom stereocenters. The molecule has 2 N–H and O–H groups in total. The number of nitrogens with zero attached hydrogens (tertiary/aromatic N) is 1. The topological polar surface area (TPSA) is 46.2 Å². The van der Waals surface area contributed by atoms with Gasteiger partial charge in [-0.3, -0.25) is 0 Å². The zero-order chi connectivity index (χ0) is 12.7. The third-order valence-electron chi connectivity index (χ3n) is 2.32. The highest BCUT2D eigenvalue weighted by atomic mass is 32.1. The molecule has 5 heteroatoms. The van der Waals surface area contributed by atoms with Gasteiger partial charge >= 0.3 is 0 Å². The van der Waals surface area contributed by atoms with Crippen LogP contribution in [0.25, 0.3) is 0 Å². The van der Waals surface area contributed by atoms with Crippen LogP contribution >= 0.6 is 12.2 Å². The number of rotatable bonds is 5. The van der Waals surface area contributed by atoms with Gasteiger partial charge in [0.15, 0.2) is 16.7 Å². The Morgan fingerprint density at radius 3 is 3.00 bits per heavy atom. The second-order valence-electron chi connectivity index (χ2n) is 3.84. The molecule has 94 valence electrons. The molecule has 0 saturated heterocycles. The van der Waals surface area contributed by atoms with E-state index in [2.05, 4.69) is 29.5 Å². The van der Waals surface area contributed by atoms with Crippen LogP contribution in [0.15, 0.2) is 18.3 Å². The lowest BCUT2D eigenvalue weighted by atomic mass is 10.2. The Balaban J connectivity index is 2.55. The molecule has 0 aliphatic carbocycles. The van der Waals surface area contributed by atoms with Crippen LogP contribution in [0.3, 0.4) is 0 Å². The van der Waals surface area contributed by atoms with Crippen molar-refractivity contribution in [3.8, 4) is 5.75 Å². The minimum atomic E-state index is 0.356. The average Bonchev–Trinajstić information content (AvgIpc) is 2.29. The average molecular weight is 253 g/mol. The van der Waals surface area contributed by atoms with Gasteiger partial charge in [0, 0.05) is 12.2 Å². The number of thiocarbonyl (C=S) groups is 1. The van der Waals surface area contributed by atoms with Gasteiger partial charge in [-0.25, -0.2) is 4.98 Å². The zero-order valence-corrected chi connectivity index (χ0v) is 11.3. The van der Waals surface area contributed by atoms with Crippen molar-refractivity contribution in [1.29, 1.82) is 0 Å². The summed E-state index contributed by atoms with van der Waals surface area (Å²) in [4.78, 5) is 4.18. The van der Waals surface area contributed by atoms with E-state index in [9.17, 15) is 0 Å². The number of methoxy groups -OCH3 is 1. The highest BCUT2D eigenvalue weighted by Gasteiger charge is 2.07. The monoisotopic (exact) mass is 253 g/mol. The first-order chi connectivity index (χ1) is 8.17. The fraction of sp³-hybridized carbons (Fsp3) is 0.500. The van der Waals surface area contributed by atoms with Crippen molar-refractivity contribution in [1.82, 2.24) is 10.3 Å². The van der Waals surface area contributed by atoms with Crippen LogP contribution in [0.1, 0.15) is 26.7 Å². The van der Waals surface area contributed by atoms with E-state index in [1.165, 1.54) is 0 Å². The molecule has 0 aromatic carbocycles. The second-order valence-corrected chi connectivity index (χ2v) is 4.25. The predicted octanol–water partition coefficient (Wildman–Crippen LogP) is 2.57. The van der Waals surface area contributed by atoms with E-state index in [-0.39, 0.29) is 0 Å². The SMILES string of the molecule is CCCC(C)NC(=S)Nc1ncccc1OC. The molecule has 0 radical (unpaired) electrons. The first-order valence-electron chi connectivity index (χ1n) is 5.74. The van der Waals surface area contributed by atoms with Gasteiger partial charge in [-0.1, -0.05) is 13.3 Å². The molecule has 1 aromatic heterocycles. The van der Waals surface area contributed by atoms with Gasteiger partial charge in [-0.15, -0.1) is 0 Å². The maximum Gasteiger partial charge on any atom is 0.174 e. The Morgan fingerprint density at radius 1 is 1.59 bits per heavy atom. The molecular weight excluding hydrogens is 234 g/mol. The Bertz CT molecular complexity index is 371. The van der Waals surface area contributed by atoms with E-state index < -0.39 is 0 Å². The number of hydrogen-bond donors (Lipinski definition) is 2. The minimum absolute atomic E-state index is 0.356. The summed E-state index contributed by atoms with van der Waals surface area (Å²) >= 11 is 5.22. The molecule has 17 heavy (non-hydrogen) atoms. The van der Waals surface area contributed by atoms with Gasteiger partial charge in [0.1, 0.15) is 0 Å². The van der Waals surface area contributed by atoms with Crippen LogP contribution in [0.4, 0.5) is 5.82 Å². The molecule has 0 saturated carbocycles. The van der Waals surface area contributed by atoms with Crippen LogP contribution in [-0.2, 0) is 0 Å². The van der Waals surface area contributed by atoms with E-state index in [0.717, 1.165) is 12.8 Å². The lowest BCUT2D eigenvalue weighted by molar-refractivity contribution is 0.415. The normalized spacial score (nSPS) is 11.7. The van der Waals surface area contributed by atoms with Crippen molar-refractivity contribution in [3.63, 3.8) is 0 Å². The van der Waals surface area contributed by atoms with Crippen LogP contribution < -0.4 is 15.4 Å². The largest absolute Gasteiger partial charge is 0.493 e. The van der Waals surface area contributed by atoms with Crippen molar-refractivity contribution < 1.29 is 4.74 Å². The summed E-state index contributed by atoms with van der Waals surface area (Å²) in [5.41, 5.74) is 0. The Morgan fingerprint density at radius 2 is 2.35 bits per heavy atom. The molecule has 4 nitrogen and oxygen atoms in total. The Kier molecular flexibility index (Phi) is 5.69. The fourth-order valence-corrected chi connectivity index (χ4v) is 1.82. The number of aromatic nitrogens is 1. The van der Waals surface area contributed by atoms with E-state index in [4.69, 9.17) is 17.0 Å². The summed E-state index contributed by atoms with van der Waals surface area (Å²) < 4.78 is 5.19. The fourth-order valence-electron chi connectivity index (χ4n) is 1.52. The minimum Gasteiger partial charge on any atom is -0.493 e. The van der Waals surface area contributed by atoms with Gasteiger partial charge in [-0.2, -0.15) is 0 Å². The maximum absolute atomic E-state index is 5.22. The molecule has 0 fully saturated rings. The molecule has 1 heterocycles. The first-order valence-corrected chi connectivity index (χ1v) is 6.14. The van der Waals surface area contributed by atoms with Crippen LogP contribution in [0.5, 0.6) is 5.75 Å². The molecule has 1 rings (SSSR count). The van der Waals surface area contributed by atoms with Gasteiger partial charge in [0.25, 0.3) is 0 Å². The second kappa shape index (κ2) is 7.06. The lowest BCUT2D eigenvalue weighted by Gasteiger charge is -2.16. The van der Waals surface area contributed by atoms with Gasteiger partial charge in [0.2, 0.25) is 0 Å². The third-order valence-corrected chi connectivity index (χ3v) is 2.54. The molecule has 0 bridgehead atoms. The maximum atomic E-state index is 5.22. The number of pyridine rings is 1. The molecule has 0 amide bonds. The van der Waals surface area contributed by atoms with Crippen LogP contribution in [0.2, 0.25) is 0 Å². The molecule has 0 spiro atoms. The first kappa shape index (κ1) is 13.7. The highest BCUT2D eigenvalue weighted by molar-refractivity contribution is 7.80. The van der Waals surface area contributed by atoms with E-state index in [0.29, 0.717) is 22.7 Å². The van der Waals surface area contributed by atoms with Gasteiger partial charge < -0.3 is 15.4 Å². The standard InChI is InChI=1S/C12H19N3OS/c1-4-6-9(2)14-12(17)15-11-10(16-3)7-5-8-13-11/h5,7-9H,4,6H2,1-3H3,(H2,13,14,15,17). The number of ether oxygens (including phenoxy) is 1. The quantitative estimate of drug-likeness (QED) is 0.790. The number of anilines is 1. The molecule has 0 aliphatic rings. The van der Waals surface area contributed by atoms with Gasteiger partial charge in [0.05, 0.1) is 7.11 Å². The van der Waals surface area contributed by atoms with E-state index in [1.807, 2.05) is 12.1 Å². The van der Waals surface area contributed by atoms with Crippen molar-refractivity contribution in [2.45, 2.75) is 32.7 Å². The van der Waals surface area contributed by atoms with Crippen LogP contribution in [-0.4, -0.2) is 23.2 Å². The molecule has 1 atom stereocenters. The molecule has 0 aliphatic heterocycles. The van der Waals surface area contributed by atoms with Crippen molar-refractivity contribution in [2.75, 3.05) is 12.4 Å². The summed E-state index contributed by atoms with van der Waals surface area (Å²) in [6.07, 6.45) is 3.91. The summed E-state index contributed by atoms with van der Waals surface area (Å²) in [5.74, 6) is 1.32. The van der Waals surface area contributed by atoms with Crippen LogP contribution in [0, 0.1) is 0 Å². The highest BCUT2D eigenvalue weighted by Crippen LogP contribution is 2.19. The zero-order valence-electron chi connectivity index (χ0n) is 10.5. The van der Waals surface area contributed by atoms with Gasteiger partial charge in [-0.05, 0) is 37.7 Å². The summed E-state index contributed by atoms with van der Waals surface area (Å²) in [6.45, 7) is 4.25. The van der Waals surface area contributed by atoms with E-state index >= 15 is 0 Å². The van der Waals surface area contributed by atoms with Crippen molar-refractivity contribution in [3.05, 3.63) is 18.3 Å². The summed E-state index contributed by atoms with van der Waals surface area (Å²) in [7, 11) is 1.61. The van der Waals surface area contributed by atoms with E-state index in [1.54, 1.807) is 13.3 Å². The Hall–Kier alpha value is -1.36. The third kappa shape index (κ3) is 4.56. The smallest absolute Gasteiger partial charge is 0.174 e. The molecular formula is C12H19N3OS. The lowest BCUT2D eigenvalue weighted by Crippen LogP contribution is -2.36. The predicted molar refractivity (Wildman–Crippen MR) is 74.5 cm³/mol. The number of hydrogen-bond acceptors (Lipinski definition) is 3. The van der Waals surface area contributed by atoms with Crippen molar-refractivity contribution in [2.24, 2.45) is 0 Å². The van der Waals surface area contributed by atoms with Crippen molar-refractivity contribution >= 4 is 23.1 Å². The number of nitrogens with one attached hydrogen (secondary N) is 2. The summed E-state index contributed by atoms with van der Waals surface area (Å²) in [5, 5.41) is 6.81.